The van der Waals surface area contributed by atoms with Crippen molar-refractivity contribution >= 4 is 11.8 Å². The first-order chi connectivity index (χ1) is 7.38. The topological polar surface area (TPSA) is 70.2 Å². The summed E-state index contributed by atoms with van der Waals surface area (Å²) in [5, 5.41) is 7.20. The van der Waals surface area contributed by atoms with Gasteiger partial charge in [0.25, 0.3) is 0 Å². The van der Waals surface area contributed by atoms with Gasteiger partial charge in [0.2, 0.25) is 11.8 Å². The van der Waals surface area contributed by atoms with Crippen molar-refractivity contribution in [2.75, 3.05) is 19.6 Å². The zero-order valence-electron chi connectivity index (χ0n) is 8.36. The van der Waals surface area contributed by atoms with Crippen molar-refractivity contribution in [1.82, 2.24) is 16.0 Å². The highest BCUT2D eigenvalue weighted by atomic mass is 19.4. The van der Waals surface area contributed by atoms with E-state index < -0.39 is 31.1 Å². The summed E-state index contributed by atoms with van der Waals surface area (Å²) in [4.78, 5) is 22.0. The van der Waals surface area contributed by atoms with Gasteiger partial charge in [0.05, 0.1) is 13.0 Å². The van der Waals surface area contributed by atoms with Crippen LogP contribution in [0, 0.1) is 0 Å². The predicted octanol–water partition coefficient (Wildman–Crippen LogP) is -0.857. The predicted molar refractivity (Wildman–Crippen MR) is 48.5 cm³/mol. The first kappa shape index (κ1) is 12.8. The number of hydrogen-bond donors (Lipinski definition) is 3. The zero-order chi connectivity index (χ0) is 12.2. The first-order valence-corrected chi connectivity index (χ1v) is 4.73. The van der Waals surface area contributed by atoms with Crippen LogP contribution >= 0.6 is 0 Å². The average molecular weight is 239 g/mol. The van der Waals surface area contributed by atoms with E-state index in [1.807, 2.05) is 0 Å². The summed E-state index contributed by atoms with van der Waals surface area (Å²) in [5.41, 5.74) is 0. The zero-order valence-corrected chi connectivity index (χ0v) is 8.36. The third kappa shape index (κ3) is 4.47. The molecule has 1 atom stereocenters. The maximum atomic E-state index is 11.8. The van der Waals surface area contributed by atoms with E-state index in [1.165, 1.54) is 0 Å². The molecule has 92 valence electrons. The van der Waals surface area contributed by atoms with E-state index in [0.717, 1.165) is 0 Å². The largest absolute Gasteiger partial charge is 0.390 e. The van der Waals surface area contributed by atoms with Crippen molar-refractivity contribution in [3.8, 4) is 0 Å². The maximum Gasteiger partial charge on any atom is 0.390 e. The van der Waals surface area contributed by atoms with Crippen molar-refractivity contribution in [2.24, 2.45) is 0 Å². The van der Waals surface area contributed by atoms with Crippen molar-refractivity contribution < 1.29 is 22.8 Å². The lowest BCUT2D eigenvalue weighted by Crippen LogP contribution is -2.58. The number of carbonyl (C=O) groups excluding carboxylic acids is 2. The molecule has 16 heavy (non-hydrogen) atoms. The van der Waals surface area contributed by atoms with Crippen LogP contribution in [-0.4, -0.2) is 43.7 Å². The molecule has 1 aliphatic heterocycles. The quantitative estimate of drug-likeness (QED) is 0.600. The average Bonchev–Trinajstić information content (AvgIpc) is 2.16. The van der Waals surface area contributed by atoms with Crippen molar-refractivity contribution in [2.45, 2.75) is 18.6 Å². The van der Waals surface area contributed by atoms with Crippen LogP contribution in [0.4, 0.5) is 13.2 Å². The molecule has 5 nitrogen and oxygen atoms in total. The molecule has 8 heteroatoms. The molecular formula is C8H12F3N3O2. The molecule has 0 saturated carbocycles. The van der Waals surface area contributed by atoms with Crippen LogP contribution in [0.2, 0.25) is 0 Å². The number of hydrogen-bond acceptors (Lipinski definition) is 3. The van der Waals surface area contributed by atoms with Gasteiger partial charge in [0, 0.05) is 13.1 Å². The highest BCUT2D eigenvalue weighted by Crippen LogP contribution is 2.18. The summed E-state index contributed by atoms with van der Waals surface area (Å²) >= 11 is 0. The minimum atomic E-state index is -4.28. The molecule has 2 amide bonds. The minimum absolute atomic E-state index is 0.00262. The smallest absolute Gasteiger partial charge is 0.354 e. The van der Waals surface area contributed by atoms with Crippen LogP contribution in [0.15, 0.2) is 0 Å². The Labute approximate surface area is 89.8 Å². The molecule has 1 fully saturated rings. The highest BCUT2D eigenvalue weighted by molar-refractivity contribution is 5.86. The Bertz CT molecular complexity index is 270. The van der Waals surface area contributed by atoms with E-state index in [2.05, 4.69) is 16.0 Å². The number of carbonyl (C=O) groups is 2. The van der Waals surface area contributed by atoms with Gasteiger partial charge in [-0.25, -0.2) is 0 Å². The fraction of sp³-hybridized carbons (Fsp3) is 0.750. The van der Waals surface area contributed by atoms with Gasteiger partial charge in [0.15, 0.2) is 0 Å². The van der Waals surface area contributed by atoms with Crippen LogP contribution in [-0.2, 0) is 9.59 Å². The summed E-state index contributed by atoms with van der Waals surface area (Å²) in [6, 6.07) is -0.661. The molecule has 0 aromatic rings. The number of amides is 2. The second-order valence-electron chi connectivity index (χ2n) is 3.39. The second-order valence-corrected chi connectivity index (χ2v) is 3.39. The van der Waals surface area contributed by atoms with Gasteiger partial charge in [0.1, 0.15) is 6.04 Å². The van der Waals surface area contributed by atoms with Crippen LogP contribution in [0.1, 0.15) is 6.42 Å². The molecule has 0 bridgehead atoms. The van der Waals surface area contributed by atoms with Gasteiger partial charge in [-0.3, -0.25) is 14.9 Å². The molecule has 0 aliphatic carbocycles. The summed E-state index contributed by atoms with van der Waals surface area (Å²) in [6.07, 6.45) is -5.33. The standard InChI is InChI=1S/C8H12F3N3O2/c9-8(10,11)1-2-12-7(16)5-3-14-6(15)4-13-5/h5,13H,1-4H2,(H,12,16)(H,14,15). The summed E-state index contributed by atoms with van der Waals surface area (Å²) < 4.78 is 35.3. The van der Waals surface area contributed by atoms with Gasteiger partial charge in [-0.2, -0.15) is 13.2 Å². The van der Waals surface area contributed by atoms with E-state index in [0.29, 0.717) is 0 Å². The van der Waals surface area contributed by atoms with Crippen LogP contribution in [0.3, 0.4) is 0 Å². The molecule has 1 aliphatic rings. The Morgan fingerprint density at radius 3 is 2.69 bits per heavy atom. The van der Waals surface area contributed by atoms with E-state index in [4.69, 9.17) is 0 Å². The Balaban J connectivity index is 2.22. The maximum absolute atomic E-state index is 11.8. The van der Waals surface area contributed by atoms with E-state index in [-0.39, 0.29) is 19.0 Å². The lowest BCUT2D eigenvalue weighted by Gasteiger charge is -2.23. The van der Waals surface area contributed by atoms with E-state index >= 15 is 0 Å². The fourth-order valence-corrected chi connectivity index (χ4v) is 1.20. The summed E-state index contributed by atoms with van der Waals surface area (Å²) in [6.45, 7) is -0.359. The highest BCUT2D eigenvalue weighted by Gasteiger charge is 2.28. The molecule has 1 rings (SSSR count). The number of piperazine rings is 1. The van der Waals surface area contributed by atoms with Gasteiger partial charge in [-0.05, 0) is 0 Å². The Morgan fingerprint density at radius 2 is 2.19 bits per heavy atom. The van der Waals surface area contributed by atoms with Crippen molar-refractivity contribution in [3.63, 3.8) is 0 Å². The molecule has 0 spiro atoms. The number of alkyl halides is 3. The second kappa shape index (κ2) is 5.15. The third-order valence-corrected chi connectivity index (χ3v) is 2.04. The fourth-order valence-electron chi connectivity index (χ4n) is 1.20. The first-order valence-electron chi connectivity index (χ1n) is 4.73. The van der Waals surface area contributed by atoms with E-state index in [1.54, 1.807) is 0 Å². The molecule has 1 heterocycles. The SMILES string of the molecule is O=C1CNC(C(=O)NCCC(F)(F)F)CN1. The van der Waals surface area contributed by atoms with Gasteiger partial charge in [-0.15, -0.1) is 0 Å². The summed E-state index contributed by atoms with van der Waals surface area (Å²) in [5.74, 6) is -0.774. The normalized spacial score (nSPS) is 21.4. The van der Waals surface area contributed by atoms with Crippen LogP contribution < -0.4 is 16.0 Å². The Morgan fingerprint density at radius 1 is 1.50 bits per heavy atom. The van der Waals surface area contributed by atoms with Gasteiger partial charge < -0.3 is 10.6 Å². The minimum Gasteiger partial charge on any atom is -0.354 e. The molecule has 3 N–H and O–H groups in total. The Kier molecular flexibility index (Phi) is 4.11. The van der Waals surface area contributed by atoms with Crippen molar-refractivity contribution in [3.05, 3.63) is 0 Å². The Hall–Kier alpha value is -1.31. The monoisotopic (exact) mass is 239 g/mol. The molecular weight excluding hydrogens is 227 g/mol. The van der Waals surface area contributed by atoms with Gasteiger partial charge in [-0.1, -0.05) is 0 Å². The lowest BCUT2D eigenvalue weighted by molar-refractivity contribution is -0.136. The van der Waals surface area contributed by atoms with Gasteiger partial charge >= 0.3 is 6.18 Å². The molecule has 0 radical (unpaired) electrons. The molecule has 1 unspecified atom stereocenters. The van der Waals surface area contributed by atoms with E-state index in [9.17, 15) is 22.8 Å². The lowest BCUT2D eigenvalue weighted by atomic mass is 10.2. The number of nitrogens with one attached hydrogen (secondary N) is 3. The molecule has 0 aromatic carbocycles. The molecule has 1 saturated heterocycles. The number of rotatable bonds is 3. The van der Waals surface area contributed by atoms with Crippen LogP contribution in [0.5, 0.6) is 0 Å². The van der Waals surface area contributed by atoms with Crippen molar-refractivity contribution in [1.29, 1.82) is 0 Å². The van der Waals surface area contributed by atoms with Crippen LogP contribution in [0.25, 0.3) is 0 Å². The number of halogens is 3. The third-order valence-electron chi connectivity index (χ3n) is 2.04. The summed E-state index contributed by atoms with van der Waals surface area (Å²) in [7, 11) is 0. The molecule has 0 aromatic heterocycles.